The zero-order chi connectivity index (χ0) is 26.6. The maximum Gasteiger partial charge on any atom is 0.416 e. The summed E-state index contributed by atoms with van der Waals surface area (Å²) in [6, 6.07) is 5.36. The summed E-state index contributed by atoms with van der Waals surface area (Å²) in [7, 11) is 2.85. The predicted molar refractivity (Wildman–Crippen MR) is 126 cm³/mol. The van der Waals surface area contributed by atoms with E-state index in [0.29, 0.717) is 11.3 Å². The summed E-state index contributed by atoms with van der Waals surface area (Å²) < 4.78 is 25.7. The summed E-state index contributed by atoms with van der Waals surface area (Å²) in [5.74, 6) is -0.975. The maximum atomic E-state index is 13.3. The monoisotopic (exact) mass is 496 g/mol. The topological polar surface area (TPSA) is 121 Å². The van der Waals surface area contributed by atoms with Crippen LogP contribution in [0.5, 0.6) is 5.75 Å². The first-order valence-electron chi connectivity index (χ1n) is 11.2. The molecule has 196 valence electrons. The smallest absolute Gasteiger partial charge is 0.416 e. The Hall–Kier alpha value is -3.34. The van der Waals surface area contributed by atoms with Crippen LogP contribution in [-0.4, -0.2) is 79.7 Å². The Morgan fingerprint density at radius 3 is 2.00 bits per heavy atom. The van der Waals surface area contributed by atoms with Gasteiger partial charge in [0, 0.05) is 7.11 Å². The van der Waals surface area contributed by atoms with Crippen molar-refractivity contribution < 1.29 is 42.9 Å². The first-order valence-corrected chi connectivity index (χ1v) is 11.2. The van der Waals surface area contributed by atoms with Crippen molar-refractivity contribution in [2.45, 2.75) is 59.2 Å². The van der Waals surface area contributed by atoms with Crippen molar-refractivity contribution in [1.82, 2.24) is 9.80 Å². The fraction of sp³-hybridized carbons (Fsp3) is 0.583. The van der Waals surface area contributed by atoms with Crippen LogP contribution in [0.2, 0.25) is 0 Å². The number of rotatable bonds is 11. The second kappa shape index (κ2) is 14.1. The molecular weight excluding hydrogens is 460 g/mol. The van der Waals surface area contributed by atoms with Crippen LogP contribution in [-0.2, 0) is 35.1 Å². The van der Waals surface area contributed by atoms with Crippen molar-refractivity contribution in [2.75, 3.05) is 34.2 Å². The van der Waals surface area contributed by atoms with E-state index in [0.717, 1.165) is 9.80 Å². The Morgan fingerprint density at radius 1 is 0.914 bits per heavy atom. The number of nitrogens with zero attached hydrogens (tertiary/aromatic N) is 2. The predicted octanol–water partition coefficient (Wildman–Crippen LogP) is 3.34. The van der Waals surface area contributed by atoms with E-state index in [1.54, 1.807) is 58.9 Å². The molecule has 3 amide bonds. The number of benzene rings is 1. The van der Waals surface area contributed by atoms with Crippen LogP contribution in [0, 0.1) is 0 Å². The number of hydrogen-bond donors (Lipinski definition) is 0. The molecule has 0 unspecified atom stereocenters. The molecule has 0 fully saturated rings. The number of esters is 1. The van der Waals surface area contributed by atoms with Gasteiger partial charge in [0.15, 0.2) is 0 Å². The third kappa shape index (κ3) is 9.81. The summed E-state index contributed by atoms with van der Waals surface area (Å²) in [4.78, 5) is 53.4. The molecule has 1 atom stereocenters. The van der Waals surface area contributed by atoms with Crippen LogP contribution >= 0.6 is 0 Å². The fourth-order valence-electron chi connectivity index (χ4n) is 2.93. The molecular formula is C24H36N2O9. The van der Waals surface area contributed by atoms with Gasteiger partial charge in [-0.2, -0.15) is 0 Å². The Labute approximate surface area is 206 Å². The normalized spacial score (nSPS) is 11.7. The van der Waals surface area contributed by atoms with E-state index in [-0.39, 0.29) is 26.5 Å². The zero-order valence-corrected chi connectivity index (χ0v) is 21.5. The van der Waals surface area contributed by atoms with E-state index < -0.39 is 42.1 Å². The first kappa shape index (κ1) is 29.7. The zero-order valence-electron chi connectivity index (χ0n) is 21.5. The molecule has 0 heterocycles. The number of carbonyl (C=O) groups excluding carboxylic acids is 4. The fourth-order valence-corrected chi connectivity index (χ4v) is 2.93. The van der Waals surface area contributed by atoms with E-state index in [1.807, 2.05) is 0 Å². The summed E-state index contributed by atoms with van der Waals surface area (Å²) in [5, 5.41) is 0. The molecule has 0 aliphatic heterocycles. The molecule has 0 aliphatic rings. The van der Waals surface area contributed by atoms with Crippen LogP contribution < -0.4 is 4.74 Å². The third-order valence-corrected chi connectivity index (χ3v) is 4.49. The number of carbonyl (C=O) groups is 4. The van der Waals surface area contributed by atoms with Crippen LogP contribution in [0.1, 0.15) is 46.6 Å². The second-order valence-corrected chi connectivity index (χ2v) is 8.37. The van der Waals surface area contributed by atoms with Crippen LogP contribution in [0.3, 0.4) is 0 Å². The van der Waals surface area contributed by atoms with Crippen molar-refractivity contribution in [3.8, 4) is 5.75 Å². The highest BCUT2D eigenvalue weighted by Crippen LogP contribution is 2.19. The van der Waals surface area contributed by atoms with Crippen LogP contribution in [0.15, 0.2) is 24.3 Å². The van der Waals surface area contributed by atoms with E-state index in [9.17, 15) is 19.2 Å². The van der Waals surface area contributed by atoms with Crippen molar-refractivity contribution in [3.63, 3.8) is 0 Å². The lowest BCUT2D eigenvalue weighted by molar-refractivity contribution is -0.154. The summed E-state index contributed by atoms with van der Waals surface area (Å²) in [6.45, 7) is 7.80. The lowest BCUT2D eigenvalue weighted by Gasteiger charge is -2.32. The molecule has 0 saturated heterocycles. The van der Waals surface area contributed by atoms with Crippen molar-refractivity contribution in [2.24, 2.45) is 0 Å². The Bertz CT molecular complexity index is 850. The molecule has 1 rings (SSSR count). The molecule has 0 bridgehead atoms. The van der Waals surface area contributed by atoms with Gasteiger partial charge in [0.1, 0.15) is 24.1 Å². The summed E-state index contributed by atoms with van der Waals surface area (Å²) in [5.41, 5.74) is -0.238. The quantitative estimate of drug-likeness (QED) is 0.258. The van der Waals surface area contributed by atoms with Crippen molar-refractivity contribution in [1.29, 1.82) is 0 Å². The van der Waals surface area contributed by atoms with Gasteiger partial charge in [-0.15, -0.1) is 0 Å². The number of imide groups is 1. The summed E-state index contributed by atoms with van der Waals surface area (Å²) >= 11 is 0. The Kier molecular flexibility index (Phi) is 12.0. The number of amides is 3. The number of ether oxygens (including phenoxy) is 5. The third-order valence-electron chi connectivity index (χ3n) is 4.49. The highest BCUT2D eigenvalue weighted by molar-refractivity contribution is 5.95. The minimum Gasteiger partial charge on any atom is -0.497 e. The van der Waals surface area contributed by atoms with Gasteiger partial charge in [-0.25, -0.2) is 19.3 Å². The van der Waals surface area contributed by atoms with Crippen molar-refractivity contribution >= 4 is 24.1 Å². The van der Waals surface area contributed by atoms with Gasteiger partial charge >= 0.3 is 18.2 Å². The minimum absolute atomic E-state index is 0.0199. The molecule has 11 nitrogen and oxygen atoms in total. The first-order chi connectivity index (χ1) is 16.5. The van der Waals surface area contributed by atoms with E-state index >= 15 is 0 Å². The number of methoxy groups -OCH3 is 2. The minimum atomic E-state index is -1.40. The standard InChI is InChI=1S/C24H36N2O9/c1-8-33-21(28)19(26(16-31-6)23(30)35-24(3,4)5)14-20(27)25(22(29)34-9-2)15-17-10-12-18(32-7)13-11-17/h10-13,19H,8-9,14-16H2,1-7H3/t19-/m0/s1. The van der Waals surface area contributed by atoms with Gasteiger partial charge < -0.3 is 23.7 Å². The van der Waals surface area contributed by atoms with Gasteiger partial charge in [-0.05, 0) is 52.3 Å². The molecule has 1 aromatic rings. The Balaban J connectivity index is 3.27. The van der Waals surface area contributed by atoms with E-state index in [4.69, 9.17) is 23.7 Å². The average molecular weight is 497 g/mol. The van der Waals surface area contributed by atoms with Gasteiger partial charge in [0.2, 0.25) is 5.91 Å². The highest BCUT2D eigenvalue weighted by Gasteiger charge is 2.38. The average Bonchev–Trinajstić information content (AvgIpc) is 2.79. The van der Waals surface area contributed by atoms with Gasteiger partial charge in [-0.1, -0.05) is 12.1 Å². The second-order valence-electron chi connectivity index (χ2n) is 8.37. The molecule has 11 heteroatoms. The molecule has 0 radical (unpaired) electrons. The van der Waals surface area contributed by atoms with Crippen molar-refractivity contribution in [3.05, 3.63) is 29.8 Å². The van der Waals surface area contributed by atoms with Crippen LogP contribution in [0.25, 0.3) is 0 Å². The molecule has 1 aromatic carbocycles. The lowest BCUT2D eigenvalue weighted by atomic mass is 10.1. The van der Waals surface area contributed by atoms with Gasteiger partial charge in [0.05, 0.1) is 33.3 Å². The molecule has 0 N–H and O–H groups in total. The highest BCUT2D eigenvalue weighted by atomic mass is 16.6. The molecule has 35 heavy (non-hydrogen) atoms. The van der Waals surface area contributed by atoms with E-state index in [1.165, 1.54) is 14.2 Å². The largest absolute Gasteiger partial charge is 0.497 e. The number of hydrogen-bond acceptors (Lipinski definition) is 9. The maximum absolute atomic E-state index is 13.3. The van der Waals surface area contributed by atoms with Gasteiger partial charge in [0.25, 0.3) is 0 Å². The van der Waals surface area contributed by atoms with E-state index in [2.05, 4.69) is 0 Å². The molecule has 0 aromatic heterocycles. The Morgan fingerprint density at radius 2 is 1.51 bits per heavy atom. The summed E-state index contributed by atoms with van der Waals surface area (Å²) in [6.07, 6.45) is -2.31. The molecule has 0 saturated carbocycles. The molecule has 0 spiro atoms. The van der Waals surface area contributed by atoms with Crippen LogP contribution in [0.4, 0.5) is 9.59 Å². The molecule has 0 aliphatic carbocycles. The lowest BCUT2D eigenvalue weighted by Crippen LogP contribution is -2.51. The van der Waals surface area contributed by atoms with Gasteiger partial charge in [-0.3, -0.25) is 9.69 Å². The SMILES string of the molecule is CCOC(=O)[C@H](CC(=O)N(Cc1ccc(OC)cc1)C(=O)OCC)N(COC)C(=O)OC(C)(C)C.